The van der Waals surface area contributed by atoms with Gasteiger partial charge in [0.25, 0.3) is 0 Å². The van der Waals surface area contributed by atoms with Crippen molar-refractivity contribution in [2.24, 2.45) is 0 Å². The normalized spacial score (nSPS) is 14.3. The zero-order valence-corrected chi connectivity index (χ0v) is 9.96. The van der Waals surface area contributed by atoms with E-state index in [1.807, 2.05) is 0 Å². The van der Waals surface area contributed by atoms with Crippen LogP contribution in [-0.2, 0) is 0 Å². The first-order valence-corrected chi connectivity index (χ1v) is 5.45. The highest BCUT2D eigenvalue weighted by Crippen LogP contribution is 2.43. The summed E-state index contributed by atoms with van der Waals surface area (Å²) in [6.07, 6.45) is -2.03. The summed E-state index contributed by atoms with van der Waals surface area (Å²) in [5.41, 5.74) is -0.792. The lowest BCUT2D eigenvalue weighted by molar-refractivity contribution is -0.0694. The number of halogens is 3. The van der Waals surface area contributed by atoms with Crippen molar-refractivity contribution in [3.63, 3.8) is 0 Å². The van der Waals surface area contributed by atoms with Gasteiger partial charge in [0.05, 0.1) is 5.57 Å². The van der Waals surface area contributed by atoms with Crippen LogP contribution in [0.4, 0.5) is 13.2 Å². The summed E-state index contributed by atoms with van der Waals surface area (Å²) in [6, 6.07) is 4.18. The van der Waals surface area contributed by atoms with Gasteiger partial charge in [-0.3, -0.25) is 0 Å². The summed E-state index contributed by atoms with van der Waals surface area (Å²) in [7, 11) is 0. The van der Waals surface area contributed by atoms with E-state index in [4.69, 9.17) is 9.47 Å². The van der Waals surface area contributed by atoms with E-state index >= 15 is 0 Å². The molecular formula is C14H11F3O2. The monoisotopic (exact) mass is 268 g/mol. The molecule has 1 aromatic carbocycles. The van der Waals surface area contributed by atoms with Gasteiger partial charge in [0.2, 0.25) is 0 Å². The van der Waals surface area contributed by atoms with Crippen LogP contribution in [0.3, 0.4) is 0 Å². The van der Waals surface area contributed by atoms with Gasteiger partial charge in [-0.25, -0.2) is 0 Å². The SMILES string of the molecule is C=CCOc1ccc2c(c1)OC(=C)C=C2C(F)(F)F. The molecule has 0 radical (unpaired) electrons. The van der Waals surface area contributed by atoms with Crippen LogP contribution in [0.25, 0.3) is 5.57 Å². The van der Waals surface area contributed by atoms with E-state index in [0.717, 1.165) is 6.08 Å². The van der Waals surface area contributed by atoms with Crippen LogP contribution in [0, 0.1) is 0 Å². The van der Waals surface area contributed by atoms with Crippen molar-refractivity contribution in [2.75, 3.05) is 6.61 Å². The minimum atomic E-state index is -4.45. The first-order valence-electron chi connectivity index (χ1n) is 5.45. The Hall–Kier alpha value is -2.17. The van der Waals surface area contributed by atoms with Gasteiger partial charge in [0.1, 0.15) is 23.9 Å². The smallest absolute Gasteiger partial charge is 0.417 e. The Balaban J connectivity index is 2.41. The Morgan fingerprint density at radius 1 is 1.32 bits per heavy atom. The summed E-state index contributed by atoms with van der Waals surface area (Å²) in [5.74, 6) is 0.442. The number of fused-ring (bicyclic) bond motifs is 1. The maximum absolute atomic E-state index is 12.9. The van der Waals surface area contributed by atoms with Gasteiger partial charge in [-0.1, -0.05) is 19.2 Å². The number of hydrogen-bond donors (Lipinski definition) is 0. The third-order valence-corrected chi connectivity index (χ3v) is 2.46. The van der Waals surface area contributed by atoms with Crippen LogP contribution in [0.2, 0.25) is 0 Å². The van der Waals surface area contributed by atoms with Crippen molar-refractivity contribution in [2.45, 2.75) is 6.18 Å². The third-order valence-electron chi connectivity index (χ3n) is 2.46. The van der Waals surface area contributed by atoms with E-state index in [0.29, 0.717) is 5.75 Å². The molecule has 0 fully saturated rings. The number of allylic oxidation sites excluding steroid dienone is 2. The van der Waals surface area contributed by atoms with Gasteiger partial charge < -0.3 is 9.47 Å². The van der Waals surface area contributed by atoms with Crippen LogP contribution in [0.5, 0.6) is 11.5 Å². The fourth-order valence-corrected chi connectivity index (χ4v) is 1.70. The van der Waals surface area contributed by atoms with Crippen LogP contribution >= 0.6 is 0 Å². The van der Waals surface area contributed by atoms with E-state index in [2.05, 4.69) is 13.2 Å². The molecule has 1 aliphatic heterocycles. The lowest BCUT2D eigenvalue weighted by Crippen LogP contribution is -2.15. The molecule has 0 saturated heterocycles. The average Bonchev–Trinajstić information content (AvgIpc) is 2.33. The van der Waals surface area contributed by atoms with E-state index in [1.54, 1.807) is 6.08 Å². The Morgan fingerprint density at radius 2 is 2.05 bits per heavy atom. The minimum Gasteiger partial charge on any atom is -0.489 e. The van der Waals surface area contributed by atoms with Crippen molar-refractivity contribution in [1.82, 2.24) is 0 Å². The van der Waals surface area contributed by atoms with Crippen molar-refractivity contribution in [3.05, 3.63) is 54.8 Å². The van der Waals surface area contributed by atoms with Gasteiger partial charge in [-0.15, -0.1) is 0 Å². The fourth-order valence-electron chi connectivity index (χ4n) is 1.70. The zero-order valence-electron chi connectivity index (χ0n) is 9.96. The van der Waals surface area contributed by atoms with Crippen molar-refractivity contribution in [3.8, 4) is 11.5 Å². The highest BCUT2D eigenvalue weighted by atomic mass is 19.4. The molecule has 0 aliphatic carbocycles. The number of rotatable bonds is 3. The quantitative estimate of drug-likeness (QED) is 0.768. The molecule has 19 heavy (non-hydrogen) atoms. The largest absolute Gasteiger partial charge is 0.489 e. The number of benzene rings is 1. The molecule has 1 heterocycles. The highest BCUT2D eigenvalue weighted by molar-refractivity contribution is 5.78. The molecule has 0 saturated carbocycles. The third kappa shape index (κ3) is 2.81. The maximum atomic E-state index is 12.9. The molecule has 5 heteroatoms. The van der Waals surface area contributed by atoms with Crippen molar-refractivity contribution >= 4 is 5.57 Å². The molecule has 1 aromatic rings. The molecule has 100 valence electrons. The van der Waals surface area contributed by atoms with Crippen LogP contribution in [0.1, 0.15) is 5.56 Å². The van der Waals surface area contributed by atoms with Crippen LogP contribution in [-0.4, -0.2) is 12.8 Å². The Morgan fingerprint density at radius 3 is 2.68 bits per heavy atom. The van der Waals surface area contributed by atoms with E-state index < -0.39 is 11.7 Å². The second kappa shape index (κ2) is 4.84. The summed E-state index contributed by atoms with van der Waals surface area (Å²) in [4.78, 5) is 0. The summed E-state index contributed by atoms with van der Waals surface area (Å²) in [6.45, 7) is 7.17. The lowest BCUT2D eigenvalue weighted by atomic mass is 10.0. The molecule has 1 aliphatic rings. The number of hydrogen-bond acceptors (Lipinski definition) is 2. The summed E-state index contributed by atoms with van der Waals surface area (Å²) in [5, 5.41) is 0. The summed E-state index contributed by atoms with van der Waals surface area (Å²) < 4.78 is 49.1. The first-order chi connectivity index (χ1) is 8.91. The Bertz CT molecular complexity index is 556. The van der Waals surface area contributed by atoms with E-state index in [1.165, 1.54) is 18.2 Å². The lowest BCUT2D eigenvalue weighted by Gasteiger charge is -2.22. The zero-order chi connectivity index (χ0) is 14.0. The topological polar surface area (TPSA) is 18.5 Å². The highest BCUT2D eigenvalue weighted by Gasteiger charge is 2.38. The van der Waals surface area contributed by atoms with Gasteiger partial charge in [-0.05, 0) is 18.2 Å². The van der Waals surface area contributed by atoms with Crippen molar-refractivity contribution < 1.29 is 22.6 Å². The van der Waals surface area contributed by atoms with Crippen molar-refractivity contribution in [1.29, 1.82) is 0 Å². The van der Waals surface area contributed by atoms with Gasteiger partial charge in [0.15, 0.2) is 0 Å². The molecule has 0 N–H and O–H groups in total. The van der Waals surface area contributed by atoms with E-state index in [9.17, 15) is 13.2 Å². The average molecular weight is 268 g/mol. The van der Waals surface area contributed by atoms with Gasteiger partial charge in [-0.2, -0.15) is 13.2 Å². The van der Waals surface area contributed by atoms with E-state index in [-0.39, 0.29) is 23.7 Å². The molecule has 0 bridgehead atoms. The second-order valence-electron chi connectivity index (χ2n) is 3.88. The maximum Gasteiger partial charge on any atom is 0.417 e. The molecule has 0 atom stereocenters. The second-order valence-corrected chi connectivity index (χ2v) is 3.88. The first kappa shape index (κ1) is 13.3. The van der Waals surface area contributed by atoms with Gasteiger partial charge >= 0.3 is 6.18 Å². The predicted molar refractivity (Wildman–Crippen MR) is 65.9 cm³/mol. The van der Waals surface area contributed by atoms with Crippen LogP contribution < -0.4 is 9.47 Å². The number of alkyl halides is 3. The standard InChI is InChI=1S/C14H11F3O2/c1-3-6-18-10-4-5-11-12(14(15,16)17)7-9(2)19-13(11)8-10/h3-5,7-8H,1-2,6H2. The predicted octanol–water partition coefficient (Wildman–Crippen LogP) is 4.10. The molecular weight excluding hydrogens is 257 g/mol. The Kier molecular flexibility index (Phi) is 3.38. The minimum absolute atomic E-state index is 0.0224. The fraction of sp³-hybridized carbons (Fsp3) is 0.143. The summed E-state index contributed by atoms with van der Waals surface area (Å²) >= 11 is 0. The Labute approximate surface area is 108 Å². The molecule has 0 aromatic heterocycles. The molecule has 0 spiro atoms. The number of ether oxygens (including phenoxy) is 2. The molecule has 2 nitrogen and oxygen atoms in total. The molecule has 0 unspecified atom stereocenters. The molecule has 2 rings (SSSR count). The molecule has 0 amide bonds. The van der Waals surface area contributed by atoms with Gasteiger partial charge in [0, 0.05) is 11.6 Å². The van der Waals surface area contributed by atoms with Crippen LogP contribution in [0.15, 0.2) is 49.3 Å².